The zero-order valence-corrected chi connectivity index (χ0v) is 27.2. The fraction of sp³-hybridized carbons (Fsp3) is 0.600. The highest BCUT2D eigenvalue weighted by atomic mass is 16.7. The van der Waals surface area contributed by atoms with Gasteiger partial charge in [0.2, 0.25) is 0 Å². The third kappa shape index (κ3) is 11.1. The smallest absolute Gasteiger partial charge is 0.148 e. The molecule has 0 heterocycles. The lowest BCUT2D eigenvalue weighted by molar-refractivity contribution is -0.165. The minimum atomic E-state index is -1.03. The SMILES string of the molecule is CCC(=O)C(C)C(=O)C(C)C(O)[C@@H](C)[C@@H](OCOC)[C@H](C)[C@H](OCc1ccc(OC)cc1)[C@H](C)COCc1ccccc1. The van der Waals surface area contributed by atoms with E-state index in [-0.39, 0.29) is 42.7 Å². The van der Waals surface area contributed by atoms with Crippen LogP contribution in [0.15, 0.2) is 54.6 Å². The minimum Gasteiger partial charge on any atom is -0.497 e. The van der Waals surface area contributed by atoms with Crippen LogP contribution in [-0.2, 0) is 41.8 Å². The van der Waals surface area contributed by atoms with Crippen molar-refractivity contribution in [1.29, 1.82) is 0 Å². The Labute approximate surface area is 258 Å². The first-order valence-corrected chi connectivity index (χ1v) is 15.3. The molecule has 2 aromatic carbocycles. The quantitative estimate of drug-likeness (QED) is 0.140. The van der Waals surface area contributed by atoms with E-state index in [9.17, 15) is 14.7 Å². The molecule has 2 rings (SSSR count). The van der Waals surface area contributed by atoms with Crippen molar-refractivity contribution in [2.45, 2.75) is 79.5 Å². The third-order valence-electron chi connectivity index (χ3n) is 8.35. The molecule has 8 nitrogen and oxygen atoms in total. The molecule has 0 fully saturated rings. The Morgan fingerprint density at radius 3 is 2.00 bits per heavy atom. The molecule has 0 saturated heterocycles. The molecule has 0 amide bonds. The topological polar surface area (TPSA) is 101 Å². The number of hydrogen-bond acceptors (Lipinski definition) is 8. The van der Waals surface area contributed by atoms with E-state index in [0.29, 0.717) is 19.8 Å². The molecule has 0 aromatic heterocycles. The largest absolute Gasteiger partial charge is 0.497 e. The third-order valence-corrected chi connectivity index (χ3v) is 8.35. The van der Waals surface area contributed by atoms with E-state index in [1.54, 1.807) is 35.0 Å². The van der Waals surface area contributed by atoms with Crippen molar-refractivity contribution in [3.8, 4) is 5.75 Å². The van der Waals surface area contributed by atoms with Crippen molar-refractivity contribution < 1.29 is 38.4 Å². The summed E-state index contributed by atoms with van der Waals surface area (Å²) in [4.78, 5) is 25.3. The van der Waals surface area contributed by atoms with Crippen LogP contribution in [0.3, 0.4) is 0 Å². The summed E-state index contributed by atoms with van der Waals surface area (Å²) in [5.74, 6) is -1.84. The Balaban J connectivity index is 2.27. The molecule has 3 unspecified atom stereocenters. The van der Waals surface area contributed by atoms with Gasteiger partial charge in [-0.05, 0) is 30.2 Å². The molecule has 8 heteroatoms. The molecule has 0 aliphatic rings. The second-order valence-electron chi connectivity index (χ2n) is 11.6. The van der Waals surface area contributed by atoms with Crippen LogP contribution in [0, 0.1) is 29.6 Å². The number of ether oxygens (including phenoxy) is 5. The zero-order valence-electron chi connectivity index (χ0n) is 27.2. The molecule has 0 bridgehead atoms. The van der Waals surface area contributed by atoms with Crippen molar-refractivity contribution in [3.05, 3.63) is 65.7 Å². The zero-order chi connectivity index (χ0) is 31.9. The van der Waals surface area contributed by atoms with Gasteiger partial charge in [-0.25, -0.2) is 0 Å². The van der Waals surface area contributed by atoms with Crippen LogP contribution < -0.4 is 4.74 Å². The molecule has 0 aliphatic heterocycles. The van der Waals surface area contributed by atoms with Gasteiger partial charge < -0.3 is 28.8 Å². The molecule has 43 heavy (non-hydrogen) atoms. The van der Waals surface area contributed by atoms with Gasteiger partial charge in [0.25, 0.3) is 0 Å². The van der Waals surface area contributed by atoms with E-state index >= 15 is 0 Å². The lowest BCUT2D eigenvalue weighted by atomic mass is 9.77. The summed E-state index contributed by atoms with van der Waals surface area (Å²) >= 11 is 0. The number of Topliss-reactive ketones (excluding diaryl/α,β-unsaturated/α-hetero) is 2. The molecular weight excluding hydrogens is 548 g/mol. The van der Waals surface area contributed by atoms with Crippen molar-refractivity contribution in [2.24, 2.45) is 29.6 Å². The highest BCUT2D eigenvalue weighted by Gasteiger charge is 2.40. The van der Waals surface area contributed by atoms with Crippen LogP contribution in [0.1, 0.15) is 59.1 Å². The Morgan fingerprint density at radius 2 is 1.42 bits per heavy atom. The summed E-state index contributed by atoms with van der Waals surface area (Å²) in [6.07, 6.45) is -1.59. The molecule has 2 aromatic rings. The fourth-order valence-corrected chi connectivity index (χ4v) is 5.57. The van der Waals surface area contributed by atoms with Gasteiger partial charge in [0.05, 0.1) is 51.2 Å². The second-order valence-corrected chi connectivity index (χ2v) is 11.6. The number of hydrogen-bond donors (Lipinski definition) is 1. The van der Waals surface area contributed by atoms with Gasteiger partial charge >= 0.3 is 0 Å². The Bertz CT molecular complexity index is 1070. The Hall–Kier alpha value is -2.62. The number of ketones is 2. The summed E-state index contributed by atoms with van der Waals surface area (Å²) in [5.41, 5.74) is 2.08. The molecule has 8 atom stereocenters. The normalized spacial score (nSPS) is 17.2. The molecule has 240 valence electrons. The number of benzene rings is 2. The van der Waals surface area contributed by atoms with Gasteiger partial charge in [-0.15, -0.1) is 0 Å². The van der Waals surface area contributed by atoms with E-state index in [4.69, 9.17) is 23.7 Å². The van der Waals surface area contributed by atoms with E-state index in [1.165, 1.54) is 0 Å². The fourth-order valence-electron chi connectivity index (χ4n) is 5.57. The first-order chi connectivity index (χ1) is 20.5. The molecule has 1 N–H and O–H groups in total. The maximum absolute atomic E-state index is 13.1. The molecule has 0 spiro atoms. The second kappa shape index (κ2) is 18.9. The highest BCUT2D eigenvalue weighted by Crippen LogP contribution is 2.32. The summed E-state index contributed by atoms with van der Waals surface area (Å²) in [5, 5.41) is 11.4. The maximum Gasteiger partial charge on any atom is 0.148 e. The molecular formula is C35H52O8. The lowest BCUT2D eigenvalue weighted by Crippen LogP contribution is -2.47. The Kier molecular flexibility index (Phi) is 16.1. The van der Waals surface area contributed by atoms with Crippen LogP contribution in [-0.4, -0.2) is 62.6 Å². The average Bonchev–Trinajstić information content (AvgIpc) is 3.03. The van der Waals surface area contributed by atoms with Gasteiger partial charge in [-0.2, -0.15) is 0 Å². The van der Waals surface area contributed by atoms with Crippen LogP contribution >= 0.6 is 0 Å². The van der Waals surface area contributed by atoms with Crippen LogP contribution in [0.5, 0.6) is 5.75 Å². The monoisotopic (exact) mass is 600 g/mol. The minimum absolute atomic E-state index is 0.0171. The van der Waals surface area contributed by atoms with Gasteiger partial charge in [-0.1, -0.05) is 77.1 Å². The number of carbonyl (C=O) groups excluding carboxylic acids is 2. The summed E-state index contributed by atoms with van der Waals surface area (Å²) in [6, 6.07) is 17.7. The highest BCUT2D eigenvalue weighted by molar-refractivity contribution is 6.02. The van der Waals surface area contributed by atoms with E-state index in [1.807, 2.05) is 68.4 Å². The number of rotatable bonds is 21. The average molecular weight is 601 g/mol. The lowest BCUT2D eigenvalue weighted by Gasteiger charge is -2.39. The predicted octanol–water partition coefficient (Wildman–Crippen LogP) is 5.88. The van der Waals surface area contributed by atoms with Crippen molar-refractivity contribution in [1.82, 2.24) is 0 Å². The first kappa shape index (κ1) is 36.6. The molecule has 0 radical (unpaired) electrons. The van der Waals surface area contributed by atoms with E-state index < -0.39 is 30.0 Å². The maximum atomic E-state index is 13.1. The van der Waals surface area contributed by atoms with Crippen molar-refractivity contribution in [3.63, 3.8) is 0 Å². The van der Waals surface area contributed by atoms with Crippen LogP contribution in [0.4, 0.5) is 0 Å². The molecule has 0 saturated carbocycles. The van der Waals surface area contributed by atoms with Gasteiger partial charge in [-0.3, -0.25) is 9.59 Å². The van der Waals surface area contributed by atoms with Gasteiger partial charge in [0.1, 0.15) is 24.1 Å². The summed E-state index contributed by atoms with van der Waals surface area (Å²) in [6.45, 7) is 12.3. The number of methoxy groups -OCH3 is 2. The number of aliphatic hydroxyl groups is 1. The van der Waals surface area contributed by atoms with E-state index in [2.05, 4.69) is 6.92 Å². The van der Waals surface area contributed by atoms with Gasteiger partial charge in [0.15, 0.2) is 0 Å². The van der Waals surface area contributed by atoms with E-state index in [0.717, 1.165) is 16.9 Å². The van der Waals surface area contributed by atoms with Crippen LogP contribution in [0.25, 0.3) is 0 Å². The summed E-state index contributed by atoms with van der Waals surface area (Å²) < 4.78 is 29.4. The molecule has 0 aliphatic carbocycles. The predicted molar refractivity (Wildman–Crippen MR) is 167 cm³/mol. The standard InChI is InChI=1S/C35H52O8/c1-9-31(36)24(3)32(37)25(4)33(38)26(5)35(43-22-39-7)27(6)34(42-21-29-15-17-30(40-8)18-16-29)23(2)19-41-20-28-13-11-10-12-14-28/h10-18,23-27,33-35,38H,9,19-22H2,1-8H3/t23-,24?,25?,26-,27-,33?,34-,35-/m1/s1. The number of carbonyl (C=O) groups is 2. The van der Waals surface area contributed by atoms with Crippen molar-refractivity contribution >= 4 is 11.6 Å². The van der Waals surface area contributed by atoms with Gasteiger partial charge in [0, 0.05) is 37.2 Å². The summed E-state index contributed by atoms with van der Waals surface area (Å²) in [7, 11) is 3.18. The Morgan fingerprint density at radius 1 is 0.791 bits per heavy atom. The first-order valence-electron chi connectivity index (χ1n) is 15.3. The number of aliphatic hydroxyl groups excluding tert-OH is 1. The van der Waals surface area contributed by atoms with Crippen LogP contribution in [0.2, 0.25) is 0 Å². The van der Waals surface area contributed by atoms with Crippen molar-refractivity contribution in [2.75, 3.05) is 27.6 Å².